The molecule has 0 aliphatic carbocycles. The molecule has 2 N–H and O–H groups in total. The van der Waals surface area contributed by atoms with E-state index in [1.807, 2.05) is 0 Å². The molecule has 1 heterocycles. The highest BCUT2D eigenvalue weighted by atomic mass is 79.9. The Balaban J connectivity index is 2.92. The van der Waals surface area contributed by atoms with Crippen LogP contribution in [0.4, 0.5) is 5.69 Å². The summed E-state index contributed by atoms with van der Waals surface area (Å²) < 4.78 is 6.77. The minimum atomic E-state index is -0.231. The van der Waals surface area contributed by atoms with E-state index in [2.05, 4.69) is 32.9 Å². The van der Waals surface area contributed by atoms with Gasteiger partial charge in [0.1, 0.15) is 4.47 Å². The van der Waals surface area contributed by atoms with Crippen LogP contribution in [-0.4, -0.2) is 41.3 Å². The van der Waals surface area contributed by atoms with Crippen LogP contribution in [0.2, 0.25) is 0 Å². The Bertz CT molecular complexity index is 470. The monoisotopic (exact) mass is 331 g/mol. The second-order valence-electron chi connectivity index (χ2n) is 3.96. The third-order valence-corrected chi connectivity index (χ3v) is 3.26. The van der Waals surface area contributed by atoms with Gasteiger partial charge in [-0.2, -0.15) is 5.10 Å². The number of aromatic nitrogens is 2. The second-order valence-corrected chi connectivity index (χ2v) is 4.75. The number of hydrogen-bond acceptors (Lipinski definition) is 5. The van der Waals surface area contributed by atoms with Gasteiger partial charge in [-0.3, -0.25) is 4.79 Å². The Kier molecular flexibility index (Phi) is 6.75. The lowest BCUT2D eigenvalue weighted by molar-refractivity contribution is 0.170. The fourth-order valence-electron chi connectivity index (χ4n) is 1.59. The Morgan fingerprint density at radius 3 is 3.05 bits per heavy atom. The summed E-state index contributed by atoms with van der Waals surface area (Å²) in [6.07, 6.45) is 3.69. The van der Waals surface area contributed by atoms with E-state index in [1.165, 1.54) is 4.68 Å². The average Bonchev–Trinajstić information content (AvgIpc) is 2.39. The zero-order valence-electron chi connectivity index (χ0n) is 10.8. The lowest BCUT2D eigenvalue weighted by Gasteiger charge is -2.18. The molecule has 1 aromatic heterocycles. The van der Waals surface area contributed by atoms with E-state index < -0.39 is 0 Å². The molecule has 0 amide bonds. The van der Waals surface area contributed by atoms with Crippen LogP contribution in [-0.2, 0) is 11.3 Å². The molecular weight excluding hydrogens is 314 g/mol. The summed E-state index contributed by atoms with van der Waals surface area (Å²) in [5.74, 6) is 0. The predicted octanol–water partition coefficient (Wildman–Crippen LogP) is 1.00. The van der Waals surface area contributed by atoms with Crippen molar-refractivity contribution in [2.45, 2.75) is 19.0 Å². The molecule has 1 unspecified atom stereocenters. The van der Waals surface area contributed by atoms with Crippen LogP contribution in [0.1, 0.15) is 6.42 Å². The molecule has 1 aromatic rings. The molecule has 19 heavy (non-hydrogen) atoms. The first-order chi connectivity index (χ1) is 9.13. The smallest absolute Gasteiger partial charge is 0.283 e. The lowest BCUT2D eigenvalue weighted by Crippen LogP contribution is -2.29. The molecule has 7 heteroatoms. The summed E-state index contributed by atoms with van der Waals surface area (Å²) in [5.41, 5.74) is 0.353. The van der Waals surface area contributed by atoms with Crippen LogP contribution in [0, 0.1) is 0 Å². The normalized spacial score (nSPS) is 12.2. The Hall–Kier alpha value is -1.18. The maximum absolute atomic E-state index is 12.0. The molecule has 0 spiro atoms. The van der Waals surface area contributed by atoms with E-state index in [4.69, 9.17) is 9.84 Å². The fraction of sp³-hybridized carbons (Fsp3) is 0.500. The number of allylic oxidation sites excluding steroid dienone is 1. The quantitative estimate of drug-likeness (QED) is 0.695. The standard InChI is InChI=1S/C12H18BrN3O3/c1-3-5-16-12(18)11(13)10(7-14-16)15-9(4-6-17)8-19-2/h3,7,9,15,17H,1,4-6,8H2,2H3. The van der Waals surface area contributed by atoms with E-state index >= 15 is 0 Å². The van der Waals surface area contributed by atoms with Gasteiger partial charge in [0.25, 0.3) is 5.56 Å². The zero-order chi connectivity index (χ0) is 14.3. The van der Waals surface area contributed by atoms with Gasteiger partial charge in [-0.05, 0) is 22.4 Å². The first-order valence-corrected chi connectivity index (χ1v) is 6.66. The van der Waals surface area contributed by atoms with Crippen molar-refractivity contribution in [3.8, 4) is 0 Å². The molecule has 6 nitrogen and oxygen atoms in total. The third-order valence-electron chi connectivity index (χ3n) is 2.49. The molecule has 0 bridgehead atoms. The Labute approximate surface area is 120 Å². The molecule has 0 aromatic carbocycles. The highest BCUT2D eigenvalue weighted by Gasteiger charge is 2.13. The lowest BCUT2D eigenvalue weighted by atomic mass is 10.2. The number of halogens is 1. The van der Waals surface area contributed by atoms with E-state index in [0.717, 1.165) is 0 Å². The van der Waals surface area contributed by atoms with Crippen LogP contribution in [0.25, 0.3) is 0 Å². The van der Waals surface area contributed by atoms with Crippen LogP contribution in [0.15, 0.2) is 28.1 Å². The van der Waals surface area contributed by atoms with Gasteiger partial charge < -0.3 is 15.2 Å². The number of rotatable bonds is 8. The number of methoxy groups -OCH3 is 1. The number of hydrogen-bond donors (Lipinski definition) is 2. The van der Waals surface area contributed by atoms with Gasteiger partial charge in [0, 0.05) is 13.7 Å². The van der Waals surface area contributed by atoms with Gasteiger partial charge in [-0.1, -0.05) is 6.08 Å². The number of ether oxygens (including phenoxy) is 1. The topological polar surface area (TPSA) is 76.4 Å². The van der Waals surface area contributed by atoms with Crippen molar-refractivity contribution < 1.29 is 9.84 Å². The molecule has 0 fully saturated rings. The predicted molar refractivity (Wildman–Crippen MR) is 77.4 cm³/mol. The summed E-state index contributed by atoms with van der Waals surface area (Å²) in [6.45, 7) is 4.40. The van der Waals surface area contributed by atoms with Crippen molar-refractivity contribution >= 4 is 21.6 Å². The Morgan fingerprint density at radius 2 is 2.47 bits per heavy atom. The van der Waals surface area contributed by atoms with E-state index in [1.54, 1.807) is 19.4 Å². The molecule has 0 aliphatic heterocycles. The van der Waals surface area contributed by atoms with Crippen molar-refractivity contribution in [1.29, 1.82) is 0 Å². The molecule has 106 valence electrons. The summed E-state index contributed by atoms with van der Waals surface area (Å²) >= 11 is 3.26. The zero-order valence-corrected chi connectivity index (χ0v) is 12.4. The molecule has 1 rings (SSSR count). The van der Waals surface area contributed by atoms with E-state index in [-0.39, 0.29) is 18.2 Å². The second kappa shape index (κ2) is 8.08. The third kappa shape index (κ3) is 4.45. The number of aliphatic hydroxyl groups excluding tert-OH is 1. The summed E-state index contributed by atoms with van der Waals surface area (Å²) in [7, 11) is 1.58. The van der Waals surface area contributed by atoms with Crippen LogP contribution in [0.5, 0.6) is 0 Å². The number of aliphatic hydroxyl groups is 1. The molecular formula is C12H18BrN3O3. The van der Waals surface area contributed by atoms with Crippen molar-refractivity contribution in [3.05, 3.63) is 33.7 Å². The molecule has 1 atom stereocenters. The highest BCUT2D eigenvalue weighted by molar-refractivity contribution is 9.10. The summed E-state index contributed by atoms with van der Waals surface area (Å²) in [6, 6.07) is -0.0808. The molecule has 0 saturated heterocycles. The molecule has 0 radical (unpaired) electrons. The van der Waals surface area contributed by atoms with Crippen LogP contribution in [0.3, 0.4) is 0 Å². The minimum Gasteiger partial charge on any atom is -0.396 e. The van der Waals surface area contributed by atoms with E-state index in [0.29, 0.717) is 29.7 Å². The Morgan fingerprint density at radius 1 is 1.74 bits per heavy atom. The maximum Gasteiger partial charge on any atom is 0.283 e. The van der Waals surface area contributed by atoms with Crippen LogP contribution >= 0.6 is 15.9 Å². The maximum atomic E-state index is 12.0. The molecule has 0 aliphatic rings. The number of anilines is 1. The highest BCUT2D eigenvalue weighted by Crippen LogP contribution is 2.18. The first-order valence-electron chi connectivity index (χ1n) is 5.86. The average molecular weight is 332 g/mol. The SMILES string of the molecule is C=CCn1ncc(NC(CCO)COC)c(Br)c1=O. The number of nitrogens with zero attached hydrogens (tertiary/aromatic N) is 2. The van der Waals surface area contributed by atoms with Gasteiger partial charge in [0.15, 0.2) is 0 Å². The summed E-state index contributed by atoms with van der Waals surface area (Å²) in [5, 5.41) is 16.1. The molecule has 0 saturated carbocycles. The van der Waals surface area contributed by atoms with Crippen molar-refractivity contribution in [2.75, 3.05) is 25.6 Å². The fourth-order valence-corrected chi connectivity index (χ4v) is 2.01. The van der Waals surface area contributed by atoms with Gasteiger partial charge in [0.05, 0.1) is 31.1 Å². The van der Waals surface area contributed by atoms with Crippen molar-refractivity contribution in [3.63, 3.8) is 0 Å². The largest absolute Gasteiger partial charge is 0.396 e. The van der Waals surface area contributed by atoms with Gasteiger partial charge >= 0.3 is 0 Å². The van der Waals surface area contributed by atoms with E-state index in [9.17, 15) is 4.79 Å². The van der Waals surface area contributed by atoms with Crippen LogP contribution < -0.4 is 10.9 Å². The van der Waals surface area contributed by atoms with Gasteiger partial charge in [-0.25, -0.2) is 4.68 Å². The number of nitrogens with one attached hydrogen (secondary N) is 1. The summed E-state index contributed by atoms with van der Waals surface area (Å²) in [4.78, 5) is 12.0. The van der Waals surface area contributed by atoms with Gasteiger partial charge in [-0.15, -0.1) is 6.58 Å². The minimum absolute atomic E-state index is 0.0413. The van der Waals surface area contributed by atoms with Crippen molar-refractivity contribution in [1.82, 2.24) is 9.78 Å². The first kappa shape index (κ1) is 15.9. The van der Waals surface area contributed by atoms with Crippen molar-refractivity contribution in [2.24, 2.45) is 0 Å². The van der Waals surface area contributed by atoms with Gasteiger partial charge in [0.2, 0.25) is 0 Å².